The number of esters is 1. The van der Waals surface area contributed by atoms with E-state index in [0.717, 1.165) is 11.3 Å². The molecule has 0 spiro atoms. The molecule has 31 heavy (non-hydrogen) atoms. The van der Waals surface area contributed by atoms with Crippen LogP contribution in [0.2, 0.25) is 0 Å². The predicted octanol–water partition coefficient (Wildman–Crippen LogP) is 4.76. The molecule has 9 heteroatoms. The third-order valence-electron chi connectivity index (χ3n) is 4.68. The summed E-state index contributed by atoms with van der Waals surface area (Å²) in [6, 6.07) is 1.74. The lowest BCUT2D eigenvalue weighted by Gasteiger charge is -2.25. The number of nitrogens with one attached hydrogen (secondary N) is 1. The highest BCUT2D eigenvalue weighted by Gasteiger charge is 2.56. The molecule has 170 valence electrons. The Labute approximate surface area is 185 Å². The van der Waals surface area contributed by atoms with Crippen LogP contribution in [0, 0.1) is 0 Å². The van der Waals surface area contributed by atoms with Gasteiger partial charge in [-0.1, -0.05) is 13.8 Å². The number of hydrogen-bond donors (Lipinski definition) is 1. The third-order valence-corrected chi connectivity index (χ3v) is 5.72. The number of carbonyl (C=O) groups excluding carboxylic acids is 2. The zero-order valence-electron chi connectivity index (χ0n) is 19.4. The average Bonchev–Trinajstić information content (AvgIpc) is 3.26. The number of rotatable bonds is 4. The zero-order chi connectivity index (χ0) is 23.4. The Bertz CT molecular complexity index is 1080. The number of anilines is 1. The maximum absolute atomic E-state index is 13.3. The summed E-state index contributed by atoms with van der Waals surface area (Å²) in [4.78, 5) is 38.4. The van der Waals surface area contributed by atoms with Gasteiger partial charge in [0.25, 0.3) is 5.56 Å². The van der Waals surface area contributed by atoms with Crippen molar-refractivity contribution in [1.82, 2.24) is 9.78 Å². The van der Waals surface area contributed by atoms with E-state index in [9.17, 15) is 14.4 Å². The van der Waals surface area contributed by atoms with Crippen molar-refractivity contribution in [3.8, 4) is 0 Å². The topological polar surface area (TPSA) is 99.5 Å². The summed E-state index contributed by atoms with van der Waals surface area (Å²) < 4.78 is 12.6. The summed E-state index contributed by atoms with van der Waals surface area (Å²) in [5.41, 5.74) is -2.02. The number of aromatic nitrogens is 2. The minimum Gasteiger partial charge on any atom is -0.458 e. The van der Waals surface area contributed by atoms with E-state index >= 15 is 0 Å². The predicted molar refractivity (Wildman–Crippen MR) is 121 cm³/mol. The molecule has 1 fully saturated rings. The lowest BCUT2D eigenvalue weighted by atomic mass is 10.1. The molecular formula is C22H31N3O5S. The Morgan fingerprint density at radius 2 is 1.71 bits per heavy atom. The lowest BCUT2D eigenvalue weighted by Crippen LogP contribution is -2.42. The van der Waals surface area contributed by atoms with E-state index in [1.165, 1.54) is 4.68 Å². The molecular weight excluding hydrogens is 418 g/mol. The molecule has 1 N–H and O–H groups in total. The number of ether oxygens (including phenoxy) is 2. The van der Waals surface area contributed by atoms with Gasteiger partial charge >= 0.3 is 12.1 Å². The molecule has 0 atom stereocenters. The van der Waals surface area contributed by atoms with E-state index < -0.39 is 28.8 Å². The molecule has 2 heterocycles. The molecule has 1 saturated carbocycles. The Morgan fingerprint density at radius 3 is 2.19 bits per heavy atom. The molecule has 2 aromatic heterocycles. The van der Waals surface area contributed by atoms with Crippen LogP contribution in [0.3, 0.4) is 0 Å². The van der Waals surface area contributed by atoms with Gasteiger partial charge in [0.15, 0.2) is 5.54 Å². The first-order chi connectivity index (χ1) is 14.1. The first-order valence-electron chi connectivity index (χ1n) is 10.4. The summed E-state index contributed by atoms with van der Waals surface area (Å²) in [5, 5.41) is 8.47. The van der Waals surface area contributed by atoms with Crippen LogP contribution in [0.25, 0.3) is 10.1 Å². The first-order valence-corrected chi connectivity index (χ1v) is 11.3. The van der Waals surface area contributed by atoms with Crippen molar-refractivity contribution in [2.45, 2.75) is 90.9 Å². The zero-order valence-corrected chi connectivity index (χ0v) is 20.2. The average molecular weight is 450 g/mol. The normalized spacial score (nSPS) is 15.8. The van der Waals surface area contributed by atoms with Crippen LogP contribution in [0.1, 0.15) is 79.8 Å². The van der Waals surface area contributed by atoms with Crippen LogP contribution in [-0.4, -0.2) is 33.0 Å². The molecule has 0 aliphatic heterocycles. The van der Waals surface area contributed by atoms with Gasteiger partial charge in [0.2, 0.25) is 0 Å². The molecule has 1 aliphatic rings. The van der Waals surface area contributed by atoms with Gasteiger partial charge in [-0.25, -0.2) is 14.3 Å². The van der Waals surface area contributed by atoms with Crippen molar-refractivity contribution < 1.29 is 19.1 Å². The van der Waals surface area contributed by atoms with Crippen LogP contribution in [0.15, 0.2) is 10.9 Å². The van der Waals surface area contributed by atoms with Crippen molar-refractivity contribution >= 4 is 38.5 Å². The van der Waals surface area contributed by atoms with Gasteiger partial charge < -0.3 is 9.47 Å². The minimum atomic E-state index is -1.06. The highest BCUT2D eigenvalue weighted by atomic mass is 32.1. The van der Waals surface area contributed by atoms with Gasteiger partial charge in [-0.3, -0.25) is 10.1 Å². The van der Waals surface area contributed by atoms with Gasteiger partial charge in [-0.2, -0.15) is 5.10 Å². The van der Waals surface area contributed by atoms with Crippen LogP contribution in [-0.2, 0) is 19.8 Å². The van der Waals surface area contributed by atoms with E-state index in [1.807, 2.05) is 13.8 Å². The number of nitrogens with zero attached hydrogens (tertiary/aromatic N) is 2. The van der Waals surface area contributed by atoms with Crippen LogP contribution >= 0.6 is 11.3 Å². The smallest absolute Gasteiger partial charge is 0.412 e. The number of thiophene rings is 1. The van der Waals surface area contributed by atoms with E-state index in [2.05, 4.69) is 10.4 Å². The second-order valence-electron chi connectivity index (χ2n) is 10.3. The standard InChI is InChI=1S/C22H31N3O5S/c1-12(2)15-13-11-14(23-19(28)30-21(6,7)8)31-16(13)17(26)25(24-15)22(9-10-22)18(27)29-20(3,4)5/h11-12H,9-10H2,1-8H3,(H,23,28). The number of amides is 1. The Morgan fingerprint density at radius 1 is 1.13 bits per heavy atom. The quantitative estimate of drug-likeness (QED) is 0.676. The number of hydrogen-bond acceptors (Lipinski definition) is 7. The van der Waals surface area contributed by atoms with Crippen molar-refractivity contribution in [3.63, 3.8) is 0 Å². The van der Waals surface area contributed by atoms with Gasteiger partial charge in [-0.05, 0) is 66.4 Å². The number of fused-ring (bicyclic) bond motifs is 1. The van der Waals surface area contributed by atoms with E-state index in [-0.39, 0.29) is 11.5 Å². The molecule has 2 aromatic rings. The maximum atomic E-state index is 13.3. The monoisotopic (exact) mass is 449 g/mol. The fourth-order valence-electron chi connectivity index (χ4n) is 3.22. The van der Waals surface area contributed by atoms with Crippen LogP contribution in [0.4, 0.5) is 9.80 Å². The molecule has 1 aliphatic carbocycles. The SMILES string of the molecule is CC(C)c1nn(C2(C(=O)OC(C)(C)C)CC2)c(=O)c2sc(NC(=O)OC(C)(C)C)cc12. The lowest BCUT2D eigenvalue weighted by molar-refractivity contribution is -0.161. The molecule has 1 amide bonds. The first kappa shape index (κ1) is 23.2. The Balaban J connectivity index is 2.06. The van der Waals surface area contributed by atoms with Gasteiger partial charge in [0.05, 0.1) is 10.7 Å². The summed E-state index contributed by atoms with van der Waals surface area (Å²) in [6.45, 7) is 14.7. The van der Waals surface area contributed by atoms with E-state index in [1.54, 1.807) is 47.6 Å². The summed E-state index contributed by atoms with van der Waals surface area (Å²) in [7, 11) is 0. The van der Waals surface area contributed by atoms with E-state index in [0.29, 0.717) is 33.6 Å². The van der Waals surface area contributed by atoms with Crippen molar-refractivity contribution in [1.29, 1.82) is 0 Å². The van der Waals surface area contributed by atoms with Gasteiger partial charge in [0, 0.05) is 5.39 Å². The van der Waals surface area contributed by atoms with E-state index in [4.69, 9.17) is 9.47 Å². The second-order valence-corrected chi connectivity index (χ2v) is 11.3. The molecule has 0 bridgehead atoms. The largest absolute Gasteiger partial charge is 0.458 e. The molecule has 3 rings (SSSR count). The Kier molecular flexibility index (Phi) is 5.71. The van der Waals surface area contributed by atoms with Crippen LogP contribution < -0.4 is 10.9 Å². The third kappa shape index (κ3) is 4.92. The summed E-state index contributed by atoms with van der Waals surface area (Å²) in [5.74, 6) is -0.430. The molecule has 0 aromatic carbocycles. The van der Waals surface area contributed by atoms with Crippen molar-refractivity contribution in [2.24, 2.45) is 0 Å². The summed E-state index contributed by atoms with van der Waals surface area (Å²) >= 11 is 1.16. The molecule has 0 saturated heterocycles. The summed E-state index contributed by atoms with van der Waals surface area (Å²) in [6.07, 6.45) is 0.421. The van der Waals surface area contributed by atoms with Crippen molar-refractivity contribution in [2.75, 3.05) is 5.32 Å². The fraction of sp³-hybridized carbons (Fsp3) is 0.636. The van der Waals surface area contributed by atoms with Gasteiger partial charge in [0.1, 0.15) is 15.9 Å². The minimum absolute atomic E-state index is 0.00719. The number of carbonyl (C=O) groups is 2. The van der Waals surface area contributed by atoms with Gasteiger partial charge in [-0.15, -0.1) is 11.3 Å². The fourth-order valence-corrected chi connectivity index (χ4v) is 4.20. The molecule has 0 radical (unpaired) electrons. The second kappa shape index (κ2) is 7.62. The highest BCUT2D eigenvalue weighted by molar-refractivity contribution is 7.22. The van der Waals surface area contributed by atoms with Crippen molar-refractivity contribution in [3.05, 3.63) is 22.1 Å². The maximum Gasteiger partial charge on any atom is 0.412 e. The molecule has 0 unspecified atom stereocenters. The molecule has 8 nitrogen and oxygen atoms in total. The van der Waals surface area contributed by atoms with Crippen LogP contribution in [0.5, 0.6) is 0 Å². The highest BCUT2D eigenvalue weighted by Crippen LogP contribution is 2.45. The Hall–Kier alpha value is -2.42.